The molecular weight excluding hydrogens is 832 g/mol. The van der Waals surface area contributed by atoms with Crippen LogP contribution in [0.15, 0.2) is 60.8 Å². The molecule has 0 radical (unpaired) electrons. The maximum Gasteiger partial charge on any atom is 0.472 e. The Morgan fingerprint density at radius 1 is 0.594 bits per heavy atom. The fourth-order valence-corrected chi connectivity index (χ4v) is 7.86. The van der Waals surface area contributed by atoms with Crippen molar-refractivity contribution < 1.29 is 52.5 Å². The number of phosphoric ester groups is 1. The molecule has 1 aliphatic heterocycles. The minimum atomic E-state index is -4.64. The first-order valence-electron chi connectivity index (χ1n) is 25.2. The Kier molecular flexibility index (Phi) is 39.2. The van der Waals surface area contributed by atoms with Gasteiger partial charge in [0.25, 0.3) is 0 Å². The van der Waals surface area contributed by atoms with Crippen LogP contribution < -0.4 is 0 Å². The Morgan fingerprint density at radius 3 is 1.55 bits per heavy atom. The van der Waals surface area contributed by atoms with Crippen LogP contribution in [0.4, 0.5) is 0 Å². The number of hydrogen-bond donors (Lipinski definition) is 3. The molecule has 0 spiro atoms. The van der Waals surface area contributed by atoms with E-state index >= 15 is 0 Å². The minimum absolute atomic E-state index is 0.112. The van der Waals surface area contributed by atoms with Gasteiger partial charge in [0.2, 0.25) is 0 Å². The van der Waals surface area contributed by atoms with Crippen LogP contribution in [0.25, 0.3) is 0 Å². The first kappa shape index (κ1) is 59.6. The average Bonchev–Trinajstić information content (AvgIpc) is 4.03. The van der Waals surface area contributed by atoms with E-state index in [9.17, 15) is 24.2 Å². The lowest BCUT2D eigenvalue weighted by Crippen LogP contribution is -2.29. The topological polar surface area (TPSA) is 161 Å². The predicted molar refractivity (Wildman–Crippen MR) is 260 cm³/mol. The summed E-state index contributed by atoms with van der Waals surface area (Å²) in [5.41, 5.74) is 0. The van der Waals surface area contributed by atoms with Gasteiger partial charge in [0.15, 0.2) is 6.10 Å². The Bertz CT molecular complexity index is 1330. The quantitative estimate of drug-likeness (QED) is 0.0175. The van der Waals surface area contributed by atoms with E-state index in [1.54, 1.807) is 0 Å². The van der Waals surface area contributed by atoms with E-state index in [1.807, 2.05) is 12.2 Å². The summed E-state index contributed by atoms with van der Waals surface area (Å²) in [5, 5.41) is 18.4. The van der Waals surface area contributed by atoms with Gasteiger partial charge in [-0.1, -0.05) is 197 Å². The molecule has 0 aromatic rings. The zero-order valence-corrected chi connectivity index (χ0v) is 41.2. The van der Waals surface area contributed by atoms with Crippen molar-refractivity contribution in [1.82, 2.24) is 0 Å². The number of epoxide rings is 1. The molecule has 0 aromatic carbocycles. The molecule has 0 saturated carbocycles. The van der Waals surface area contributed by atoms with Gasteiger partial charge >= 0.3 is 19.8 Å². The fraction of sp³-hybridized carbons (Fsp3) is 0.769. The number of rotatable bonds is 45. The highest BCUT2D eigenvalue weighted by atomic mass is 31.2. The van der Waals surface area contributed by atoms with Crippen molar-refractivity contribution in [2.45, 2.75) is 225 Å². The summed E-state index contributed by atoms with van der Waals surface area (Å²) in [4.78, 5) is 35.1. The summed E-state index contributed by atoms with van der Waals surface area (Å²) in [6, 6.07) is 0. The second-order valence-corrected chi connectivity index (χ2v) is 19.1. The van der Waals surface area contributed by atoms with Gasteiger partial charge in [-0.05, 0) is 57.3 Å². The molecule has 5 atom stereocenters. The summed E-state index contributed by atoms with van der Waals surface area (Å²) in [6.45, 7) is 4.55. The summed E-state index contributed by atoms with van der Waals surface area (Å²) in [5.74, 6) is -0.185. The highest BCUT2D eigenvalue weighted by molar-refractivity contribution is 7.47. The van der Waals surface area contributed by atoms with Crippen molar-refractivity contribution >= 4 is 19.8 Å². The van der Waals surface area contributed by atoms with Crippen LogP contribution in [0.2, 0.25) is 0 Å². The Balaban J connectivity index is 2.22. The molecule has 0 amide bonds. The number of aliphatic hydroxyl groups excluding tert-OH is 2. The molecule has 3 N–H and O–H groups in total. The van der Waals surface area contributed by atoms with E-state index in [2.05, 4.69) is 69.4 Å². The maximum absolute atomic E-state index is 12.7. The van der Waals surface area contributed by atoms with Crippen molar-refractivity contribution in [3.63, 3.8) is 0 Å². The van der Waals surface area contributed by atoms with E-state index in [0.29, 0.717) is 25.0 Å². The highest BCUT2D eigenvalue weighted by Gasteiger charge is 2.36. The SMILES string of the molecule is CC/C=C\CC1OC1C/C=C\C/C=C\C/C=C\C/C=C\CCC(=O)OC[C@H](COP(=O)(O)OC[C@@H](O)CO)OC(=O)CCCCCCCCCCCCCCCCCCCCC(C)C. The van der Waals surface area contributed by atoms with Crippen LogP contribution in [0.1, 0.15) is 201 Å². The van der Waals surface area contributed by atoms with Gasteiger partial charge in [-0.25, -0.2) is 4.57 Å². The molecule has 1 heterocycles. The van der Waals surface area contributed by atoms with Crippen LogP contribution in [0.5, 0.6) is 0 Å². The zero-order chi connectivity index (χ0) is 46.8. The number of allylic oxidation sites excluding steroid dienone is 8. The molecule has 370 valence electrons. The highest BCUT2D eigenvalue weighted by Crippen LogP contribution is 2.43. The average molecular weight is 923 g/mol. The number of carbonyl (C=O) groups excluding carboxylic acids is 2. The van der Waals surface area contributed by atoms with Crippen LogP contribution in [-0.4, -0.2) is 77.9 Å². The maximum atomic E-state index is 12.7. The second kappa shape index (κ2) is 42.0. The molecule has 3 unspecified atom stereocenters. The fourth-order valence-electron chi connectivity index (χ4n) is 7.07. The molecule has 0 aromatic heterocycles. The molecule has 12 heteroatoms. The van der Waals surface area contributed by atoms with Crippen LogP contribution in [0, 0.1) is 5.92 Å². The normalized spacial score (nSPS) is 17.4. The summed E-state index contributed by atoms with van der Waals surface area (Å²) in [7, 11) is -4.64. The Morgan fingerprint density at radius 2 is 1.05 bits per heavy atom. The number of hydrogen-bond acceptors (Lipinski definition) is 10. The van der Waals surface area contributed by atoms with Gasteiger partial charge in [-0.15, -0.1) is 0 Å². The number of esters is 2. The Hall–Kier alpha value is -2.37. The first-order chi connectivity index (χ1) is 31.1. The van der Waals surface area contributed by atoms with Gasteiger partial charge in [-0.3, -0.25) is 18.6 Å². The summed E-state index contributed by atoms with van der Waals surface area (Å²) < 4.78 is 38.5. The number of aliphatic hydroxyl groups is 2. The number of phosphoric acid groups is 1. The van der Waals surface area contributed by atoms with Crippen LogP contribution >= 0.6 is 7.82 Å². The zero-order valence-electron chi connectivity index (χ0n) is 40.3. The van der Waals surface area contributed by atoms with Crippen molar-refractivity contribution in [2.24, 2.45) is 5.92 Å². The summed E-state index contributed by atoms with van der Waals surface area (Å²) in [6.07, 6.45) is 49.6. The second-order valence-electron chi connectivity index (χ2n) is 17.7. The van der Waals surface area contributed by atoms with Crippen LogP contribution in [0.3, 0.4) is 0 Å². The lowest BCUT2D eigenvalue weighted by Gasteiger charge is -2.20. The number of carbonyl (C=O) groups is 2. The monoisotopic (exact) mass is 923 g/mol. The van der Waals surface area contributed by atoms with Gasteiger partial charge in [-0.2, -0.15) is 0 Å². The number of ether oxygens (including phenoxy) is 3. The van der Waals surface area contributed by atoms with Crippen molar-refractivity contribution in [3.8, 4) is 0 Å². The van der Waals surface area contributed by atoms with Gasteiger partial charge in [0, 0.05) is 12.8 Å². The third-order valence-corrected chi connectivity index (χ3v) is 12.0. The van der Waals surface area contributed by atoms with Crippen molar-refractivity contribution in [2.75, 3.05) is 26.4 Å². The van der Waals surface area contributed by atoms with E-state index in [4.69, 9.17) is 28.4 Å². The molecular formula is C52H91O11P. The van der Waals surface area contributed by atoms with Gasteiger partial charge in [0.1, 0.15) is 12.7 Å². The Labute approximate surface area is 389 Å². The molecule has 64 heavy (non-hydrogen) atoms. The van der Waals surface area contributed by atoms with E-state index in [0.717, 1.165) is 63.7 Å². The van der Waals surface area contributed by atoms with Crippen LogP contribution in [-0.2, 0) is 37.4 Å². The standard InChI is InChI=1S/C52H91O11P/c1-4-5-32-38-49-50(63-49)39-34-29-25-21-17-14-15-18-22-26-30-35-40-51(55)59-44-48(45-61-64(57,58)60-43-47(54)42-53)62-52(56)41-36-31-27-23-19-13-11-9-7-6-8-10-12-16-20-24-28-33-37-46(2)3/h5,15,17-18,21,26,29-30,32,34,46-50,53-54H,4,6-14,16,19-20,22-25,27-28,31,33,35-45H2,1-3H3,(H,57,58)/b18-15-,21-17-,30-26-,32-5-,34-29-/t47-,48+,49?,50?/m0/s1. The molecule has 1 fully saturated rings. The molecule has 11 nitrogen and oxygen atoms in total. The lowest BCUT2D eigenvalue weighted by atomic mass is 10.0. The summed E-state index contributed by atoms with van der Waals surface area (Å²) >= 11 is 0. The lowest BCUT2D eigenvalue weighted by molar-refractivity contribution is -0.161. The third-order valence-electron chi connectivity index (χ3n) is 11.0. The molecule has 1 saturated heterocycles. The minimum Gasteiger partial charge on any atom is -0.462 e. The van der Waals surface area contributed by atoms with E-state index < -0.39 is 51.8 Å². The molecule has 0 bridgehead atoms. The van der Waals surface area contributed by atoms with Gasteiger partial charge in [0.05, 0.1) is 32.0 Å². The van der Waals surface area contributed by atoms with Gasteiger partial charge < -0.3 is 29.3 Å². The first-order valence-corrected chi connectivity index (χ1v) is 26.7. The van der Waals surface area contributed by atoms with E-state index in [1.165, 1.54) is 96.3 Å². The predicted octanol–water partition coefficient (Wildman–Crippen LogP) is 13.1. The van der Waals surface area contributed by atoms with Crippen molar-refractivity contribution in [1.29, 1.82) is 0 Å². The molecule has 1 rings (SSSR count). The largest absolute Gasteiger partial charge is 0.472 e. The molecule has 0 aliphatic carbocycles. The van der Waals surface area contributed by atoms with E-state index in [-0.39, 0.29) is 19.4 Å². The molecule has 1 aliphatic rings. The third kappa shape index (κ3) is 39.9. The number of unbranched alkanes of at least 4 members (excludes halogenated alkanes) is 17. The van der Waals surface area contributed by atoms with Crippen molar-refractivity contribution in [3.05, 3.63) is 60.8 Å². The smallest absolute Gasteiger partial charge is 0.462 e.